The topological polar surface area (TPSA) is 38.3 Å². The maximum atomic E-state index is 11.9. The number of amides is 1. The van der Waals surface area contributed by atoms with Crippen LogP contribution in [0.5, 0.6) is 5.75 Å². The largest absolute Gasteiger partial charge is 0.492 e. The molecular weight excluding hydrogens is 330 g/mol. The third kappa shape index (κ3) is 6.83. The molecule has 1 N–H and O–H groups in total. The van der Waals surface area contributed by atoms with Gasteiger partial charge in [-0.05, 0) is 56.5 Å². The Morgan fingerprint density at radius 3 is 2.40 bits per heavy atom. The van der Waals surface area contributed by atoms with Crippen LogP contribution in [0, 0.1) is 27.7 Å². The predicted molar refractivity (Wildman–Crippen MR) is 106 cm³/mol. The zero-order chi connectivity index (χ0) is 18.2. The highest BCUT2D eigenvalue weighted by Gasteiger charge is 2.03. The van der Waals surface area contributed by atoms with Crippen molar-refractivity contribution in [2.75, 3.05) is 18.9 Å². The third-order valence-electron chi connectivity index (χ3n) is 3.95. The van der Waals surface area contributed by atoms with Gasteiger partial charge in [0.25, 0.3) is 0 Å². The van der Waals surface area contributed by atoms with Gasteiger partial charge in [0.05, 0.1) is 12.3 Å². The van der Waals surface area contributed by atoms with Crippen LogP contribution in [0.25, 0.3) is 0 Å². The molecule has 25 heavy (non-hydrogen) atoms. The zero-order valence-corrected chi connectivity index (χ0v) is 16.3. The quantitative estimate of drug-likeness (QED) is 0.714. The van der Waals surface area contributed by atoms with Crippen molar-refractivity contribution in [3.63, 3.8) is 0 Å². The number of nitrogens with one attached hydrogen (secondary N) is 1. The molecule has 2 aromatic rings. The van der Waals surface area contributed by atoms with Crippen LogP contribution in [0.4, 0.5) is 0 Å². The molecule has 0 spiro atoms. The van der Waals surface area contributed by atoms with Crippen LogP contribution < -0.4 is 10.1 Å². The Labute approximate surface area is 155 Å². The Balaban J connectivity index is 1.63. The summed E-state index contributed by atoms with van der Waals surface area (Å²) in [4.78, 5) is 11.9. The zero-order valence-electron chi connectivity index (χ0n) is 15.5. The van der Waals surface area contributed by atoms with E-state index in [0.29, 0.717) is 18.9 Å². The number of benzene rings is 2. The van der Waals surface area contributed by atoms with Crippen LogP contribution in [0.1, 0.15) is 27.8 Å². The van der Waals surface area contributed by atoms with E-state index in [1.54, 1.807) is 11.8 Å². The number of ether oxygens (including phenoxy) is 1. The van der Waals surface area contributed by atoms with Crippen LogP contribution in [0.3, 0.4) is 0 Å². The van der Waals surface area contributed by atoms with Crippen LogP contribution >= 0.6 is 11.8 Å². The molecule has 0 atom stereocenters. The molecule has 3 nitrogen and oxygen atoms in total. The van der Waals surface area contributed by atoms with Crippen LogP contribution in [0.2, 0.25) is 0 Å². The molecule has 4 heteroatoms. The number of hydrogen-bond donors (Lipinski definition) is 1. The average molecular weight is 358 g/mol. The Bertz CT molecular complexity index is 708. The summed E-state index contributed by atoms with van der Waals surface area (Å²) in [5.41, 5.74) is 6.27. The van der Waals surface area contributed by atoms with Gasteiger partial charge in [-0.2, -0.15) is 0 Å². The molecule has 0 aliphatic rings. The molecule has 134 valence electrons. The van der Waals surface area contributed by atoms with Crippen LogP contribution in [0.15, 0.2) is 36.4 Å². The predicted octanol–water partition coefficient (Wildman–Crippen LogP) is 4.35. The minimum atomic E-state index is 0.0538. The minimum absolute atomic E-state index is 0.0538. The second-order valence-electron chi connectivity index (χ2n) is 6.43. The van der Waals surface area contributed by atoms with E-state index in [1.807, 2.05) is 18.2 Å². The molecule has 0 aliphatic carbocycles. The SMILES string of the molecule is Cc1cc(C)cc(CSCC(=O)NCCOc2ccc(C)c(C)c2)c1. The van der Waals surface area contributed by atoms with Gasteiger partial charge in [0, 0.05) is 5.75 Å². The summed E-state index contributed by atoms with van der Waals surface area (Å²) in [7, 11) is 0. The van der Waals surface area contributed by atoms with E-state index in [-0.39, 0.29) is 5.91 Å². The molecule has 0 aromatic heterocycles. The van der Waals surface area contributed by atoms with E-state index < -0.39 is 0 Å². The monoisotopic (exact) mass is 357 g/mol. The van der Waals surface area contributed by atoms with Gasteiger partial charge in [-0.15, -0.1) is 11.8 Å². The molecule has 0 saturated heterocycles. The molecule has 0 saturated carbocycles. The highest BCUT2D eigenvalue weighted by Crippen LogP contribution is 2.17. The van der Waals surface area contributed by atoms with Gasteiger partial charge in [-0.1, -0.05) is 35.4 Å². The van der Waals surface area contributed by atoms with Crippen molar-refractivity contribution >= 4 is 17.7 Å². The van der Waals surface area contributed by atoms with E-state index in [4.69, 9.17) is 4.74 Å². The second kappa shape index (κ2) is 9.52. The first-order valence-electron chi connectivity index (χ1n) is 8.56. The smallest absolute Gasteiger partial charge is 0.230 e. The van der Waals surface area contributed by atoms with Crippen molar-refractivity contribution in [3.8, 4) is 5.75 Å². The molecule has 0 unspecified atom stereocenters. The summed E-state index contributed by atoms with van der Waals surface area (Å²) in [6.07, 6.45) is 0. The number of carbonyl (C=O) groups excluding carboxylic acids is 1. The molecule has 0 fully saturated rings. The highest BCUT2D eigenvalue weighted by atomic mass is 32.2. The Hall–Kier alpha value is -1.94. The van der Waals surface area contributed by atoms with Gasteiger partial charge >= 0.3 is 0 Å². The van der Waals surface area contributed by atoms with Gasteiger partial charge in [0.15, 0.2) is 0 Å². The molecule has 0 bridgehead atoms. The van der Waals surface area contributed by atoms with Gasteiger partial charge in [-0.3, -0.25) is 4.79 Å². The average Bonchev–Trinajstić information content (AvgIpc) is 2.54. The van der Waals surface area contributed by atoms with Gasteiger partial charge in [-0.25, -0.2) is 0 Å². The van der Waals surface area contributed by atoms with E-state index in [2.05, 4.69) is 51.2 Å². The number of hydrogen-bond acceptors (Lipinski definition) is 3. The number of aryl methyl sites for hydroxylation is 4. The second-order valence-corrected chi connectivity index (χ2v) is 7.42. The molecule has 2 rings (SSSR count). The lowest BCUT2D eigenvalue weighted by molar-refractivity contribution is -0.118. The summed E-state index contributed by atoms with van der Waals surface area (Å²) < 4.78 is 5.67. The van der Waals surface area contributed by atoms with E-state index in [9.17, 15) is 4.79 Å². The van der Waals surface area contributed by atoms with Crippen LogP contribution in [-0.4, -0.2) is 24.8 Å². The molecule has 0 heterocycles. The summed E-state index contributed by atoms with van der Waals surface area (Å²) in [5, 5.41) is 2.90. The first-order chi connectivity index (χ1) is 11.9. The van der Waals surface area contributed by atoms with Crippen molar-refractivity contribution in [1.29, 1.82) is 0 Å². The standard InChI is InChI=1S/C21H27NO2S/c1-15-9-16(2)11-19(10-15)13-25-14-21(23)22-7-8-24-20-6-5-17(3)18(4)12-20/h5-6,9-12H,7-8,13-14H2,1-4H3,(H,22,23). The first-order valence-corrected chi connectivity index (χ1v) is 9.71. The highest BCUT2D eigenvalue weighted by molar-refractivity contribution is 7.99. The van der Waals surface area contributed by atoms with Crippen LogP contribution in [-0.2, 0) is 10.5 Å². The van der Waals surface area contributed by atoms with Crippen molar-refractivity contribution in [3.05, 3.63) is 64.2 Å². The lowest BCUT2D eigenvalue weighted by Gasteiger charge is -2.09. The van der Waals surface area contributed by atoms with Crippen molar-refractivity contribution in [2.45, 2.75) is 33.4 Å². The molecular formula is C21H27NO2S. The first kappa shape index (κ1) is 19.4. The Kier molecular flexibility index (Phi) is 7.38. The lowest BCUT2D eigenvalue weighted by Crippen LogP contribution is -2.29. The normalized spacial score (nSPS) is 10.6. The summed E-state index contributed by atoms with van der Waals surface area (Å²) in [6, 6.07) is 12.6. The summed E-state index contributed by atoms with van der Waals surface area (Å²) in [5.74, 6) is 2.23. The van der Waals surface area contributed by atoms with Crippen molar-refractivity contribution in [2.24, 2.45) is 0 Å². The maximum absolute atomic E-state index is 11.9. The van der Waals surface area contributed by atoms with E-state index in [1.165, 1.54) is 27.8 Å². The number of carbonyl (C=O) groups is 1. The fourth-order valence-corrected chi connectivity index (χ4v) is 3.42. The summed E-state index contributed by atoms with van der Waals surface area (Å²) >= 11 is 1.64. The van der Waals surface area contributed by atoms with Crippen molar-refractivity contribution < 1.29 is 9.53 Å². The molecule has 1 amide bonds. The molecule has 0 aliphatic heterocycles. The van der Waals surface area contributed by atoms with E-state index in [0.717, 1.165) is 11.5 Å². The lowest BCUT2D eigenvalue weighted by atomic mass is 10.1. The van der Waals surface area contributed by atoms with Gasteiger partial charge < -0.3 is 10.1 Å². The maximum Gasteiger partial charge on any atom is 0.230 e. The molecule has 0 radical (unpaired) electrons. The van der Waals surface area contributed by atoms with Gasteiger partial charge in [0.1, 0.15) is 12.4 Å². The van der Waals surface area contributed by atoms with Crippen molar-refractivity contribution in [1.82, 2.24) is 5.32 Å². The fraction of sp³-hybridized carbons (Fsp3) is 0.381. The summed E-state index contributed by atoms with van der Waals surface area (Å²) in [6.45, 7) is 9.35. The van der Waals surface area contributed by atoms with Gasteiger partial charge in [0.2, 0.25) is 5.91 Å². The number of rotatable bonds is 8. The Morgan fingerprint density at radius 1 is 1.00 bits per heavy atom. The minimum Gasteiger partial charge on any atom is -0.492 e. The Morgan fingerprint density at radius 2 is 1.72 bits per heavy atom. The third-order valence-corrected chi connectivity index (χ3v) is 4.96. The van der Waals surface area contributed by atoms with E-state index >= 15 is 0 Å². The number of thioether (sulfide) groups is 1. The fourth-order valence-electron chi connectivity index (χ4n) is 2.63. The molecule has 2 aromatic carbocycles.